The van der Waals surface area contributed by atoms with E-state index in [1.165, 1.54) is 0 Å². The Hall–Kier alpha value is -1.52. The van der Waals surface area contributed by atoms with Crippen LogP contribution in [0.3, 0.4) is 0 Å². The van der Waals surface area contributed by atoms with Crippen LogP contribution in [0.15, 0.2) is 34.8 Å². The summed E-state index contributed by atoms with van der Waals surface area (Å²) in [6.07, 6.45) is 3.06. The normalized spacial score (nSPS) is 11.0. The largest absolute Gasteiger partial charge is 0.508 e. The monoisotopic (exact) mass is 452 g/mol. The molecule has 146 valence electrons. The number of unbranched alkanes of at least 4 members (excludes halogenated alkanes) is 1. The van der Waals surface area contributed by atoms with Crippen molar-refractivity contribution in [3.05, 3.63) is 56.5 Å². The number of aromatic hydroxyl groups is 1. The number of ether oxygens (including phenoxy) is 1. The summed E-state index contributed by atoms with van der Waals surface area (Å²) in [4.78, 5) is 11.8. The van der Waals surface area contributed by atoms with Crippen LogP contribution in [0.25, 0.3) is 0 Å². The molecule has 0 saturated heterocycles. The quantitative estimate of drug-likeness (QED) is 0.462. The lowest BCUT2D eigenvalue weighted by molar-refractivity contribution is -0.121. The van der Waals surface area contributed by atoms with Crippen molar-refractivity contribution in [2.45, 2.75) is 52.4 Å². The highest BCUT2D eigenvalue weighted by molar-refractivity contribution is 9.10. The number of phenols is 1. The summed E-state index contributed by atoms with van der Waals surface area (Å²) < 4.78 is 6.44. The maximum Gasteiger partial charge on any atom is 0.170 e. The van der Waals surface area contributed by atoms with E-state index in [-0.39, 0.29) is 18.3 Å². The third-order valence-electron chi connectivity index (χ3n) is 4.42. The SMILES string of the molecule is CCCCC(=O)COc1cc(Cl)c(Cc2ccc(O)c(C(C)C)c2)c(Br)c1. The Balaban J connectivity index is 2.13. The maximum atomic E-state index is 11.8. The summed E-state index contributed by atoms with van der Waals surface area (Å²) in [5.41, 5.74) is 2.94. The van der Waals surface area contributed by atoms with E-state index in [2.05, 4.69) is 36.7 Å². The highest BCUT2D eigenvalue weighted by Crippen LogP contribution is 2.34. The first-order valence-corrected chi connectivity index (χ1v) is 10.4. The predicted molar refractivity (Wildman–Crippen MR) is 114 cm³/mol. The molecule has 0 atom stereocenters. The molecule has 0 heterocycles. The predicted octanol–water partition coefficient (Wildman–Crippen LogP) is 6.66. The summed E-state index contributed by atoms with van der Waals surface area (Å²) in [5.74, 6) is 1.23. The van der Waals surface area contributed by atoms with Gasteiger partial charge in [-0.2, -0.15) is 0 Å². The van der Waals surface area contributed by atoms with Crippen LogP contribution in [0.2, 0.25) is 5.02 Å². The Labute approximate surface area is 174 Å². The molecule has 0 unspecified atom stereocenters. The number of rotatable bonds is 9. The molecule has 0 radical (unpaired) electrons. The van der Waals surface area contributed by atoms with E-state index in [0.29, 0.717) is 29.4 Å². The number of halogens is 2. The van der Waals surface area contributed by atoms with Crippen molar-refractivity contribution in [3.63, 3.8) is 0 Å². The topological polar surface area (TPSA) is 46.5 Å². The Morgan fingerprint density at radius 3 is 2.63 bits per heavy atom. The van der Waals surface area contributed by atoms with Crippen molar-refractivity contribution in [1.29, 1.82) is 0 Å². The van der Waals surface area contributed by atoms with Gasteiger partial charge in [0.15, 0.2) is 5.78 Å². The standard InChI is InChI=1S/C22H26BrClO3/c1-4-5-6-16(25)13-27-17-11-20(23)19(21(24)12-17)10-15-7-8-22(26)18(9-15)14(2)3/h7-9,11-12,14,26H,4-6,10,13H2,1-3H3. The summed E-state index contributed by atoms with van der Waals surface area (Å²) in [7, 11) is 0. The first-order chi connectivity index (χ1) is 12.8. The van der Waals surface area contributed by atoms with Crippen LogP contribution < -0.4 is 4.74 Å². The average molecular weight is 454 g/mol. The smallest absolute Gasteiger partial charge is 0.170 e. The van der Waals surface area contributed by atoms with Crippen molar-refractivity contribution >= 4 is 33.3 Å². The number of ketones is 1. The second-order valence-corrected chi connectivity index (χ2v) is 8.28. The van der Waals surface area contributed by atoms with Gasteiger partial charge in [0.1, 0.15) is 18.1 Å². The van der Waals surface area contributed by atoms with Gasteiger partial charge in [0.05, 0.1) is 0 Å². The number of phenolic OH excluding ortho intramolecular Hbond substituents is 1. The van der Waals surface area contributed by atoms with Crippen LogP contribution in [-0.4, -0.2) is 17.5 Å². The van der Waals surface area contributed by atoms with Crippen LogP contribution in [-0.2, 0) is 11.2 Å². The van der Waals surface area contributed by atoms with E-state index in [4.69, 9.17) is 16.3 Å². The molecule has 0 amide bonds. The number of benzene rings is 2. The molecule has 0 aliphatic rings. The average Bonchev–Trinajstić information content (AvgIpc) is 2.62. The van der Waals surface area contributed by atoms with Crippen LogP contribution in [0.1, 0.15) is 62.6 Å². The first kappa shape index (κ1) is 21.8. The molecular weight excluding hydrogens is 428 g/mol. The lowest BCUT2D eigenvalue weighted by Gasteiger charge is -2.14. The van der Waals surface area contributed by atoms with Crippen LogP contribution in [0.4, 0.5) is 0 Å². The molecule has 2 aromatic carbocycles. The lowest BCUT2D eigenvalue weighted by atomic mass is 9.96. The van der Waals surface area contributed by atoms with Gasteiger partial charge in [0.25, 0.3) is 0 Å². The molecule has 0 spiro atoms. The Bertz CT molecular complexity index is 779. The third kappa shape index (κ3) is 6.25. The van der Waals surface area contributed by atoms with Crippen LogP contribution >= 0.6 is 27.5 Å². The summed E-state index contributed by atoms with van der Waals surface area (Å²) in [6.45, 7) is 6.23. The van der Waals surface area contributed by atoms with Crippen LogP contribution in [0, 0.1) is 0 Å². The van der Waals surface area contributed by atoms with Gasteiger partial charge in [0.2, 0.25) is 0 Å². The van der Waals surface area contributed by atoms with E-state index in [0.717, 1.165) is 34.0 Å². The molecule has 1 N–H and O–H groups in total. The molecule has 5 heteroatoms. The summed E-state index contributed by atoms with van der Waals surface area (Å²) in [6, 6.07) is 9.24. The minimum Gasteiger partial charge on any atom is -0.508 e. The second kappa shape index (κ2) is 10.1. The third-order valence-corrected chi connectivity index (χ3v) is 5.46. The first-order valence-electron chi connectivity index (χ1n) is 9.26. The fourth-order valence-electron chi connectivity index (χ4n) is 2.82. The van der Waals surface area contributed by atoms with Gasteiger partial charge >= 0.3 is 0 Å². The summed E-state index contributed by atoms with van der Waals surface area (Å²) >= 11 is 10.0. The van der Waals surface area contributed by atoms with Gasteiger partial charge in [-0.1, -0.05) is 66.9 Å². The second-order valence-electron chi connectivity index (χ2n) is 7.02. The number of hydrogen-bond donors (Lipinski definition) is 1. The van der Waals surface area contributed by atoms with Crippen LogP contribution in [0.5, 0.6) is 11.5 Å². The number of Topliss-reactive ketones (excluding diaryl/α,β-unsaturated/α-hetero) is 1. The number of carbonyl (C=O) groups excluding carboxylic acids is 1. The van der Waals surface area contributed by atoms with Gasteiger partial charge < -0.3 is 9.84 Å². The Morgan fingerprint density at radius 1 is 1.26 bits per heavy atom. The zero-order valence-corrected chi connectivity index (χ0v) is 18.4. The van der Waals surface area contributed by atoms with Crippen molar-refractivity contribution in [1.82, 2.24) is 0 Å². The summed E-state index contributed by atoms with van der Waals surface area (Å²) in [5, 5.41) is 10.6. The Kier molecular flexibility index (Phi) is 8.18. The van der Waals surface area contributed by atoms with E-state index in [1.807, 2.05) is 18.2 Å². The Morgan fingerprint density at radius 2 is 2.00 bits per heavy atom. The molecule has 0 aromatic heterocycles. The van der Waals surface area contributed by atoms with Gasteiger partial charge in [-0.25, -0.2) is 0 Å². The van der Waals surface area contributed by atoms with Gasteiger partial charge in [-0.3, -0.25) is 4.79 Å². The van der Waals surface area contributed by atoms with Gasteiger partial charge in [0, 0.05) is 22.3 Å². The maximum absolute atomic E-state index is 11.8. The number of hydrogen-bond acceptors (Lipinski definition) is 3. The molecule has 0 saturated carbocycles. The van der Waals surface area contributed by atoms with Gasteiger partial charge in [-0.05, 0) is 47.2 Å². The van der Waals surface area contributed by atoms with E-state index < -0.39 is 0 Å². The van der Waals surface area contributed by atoms with Crippen molar-refractivity contribution < 1.29 is 14.6 Å². The zero-order valence-electron chi connectivity index (χ0n) is 16.0. The number of carbonyl (C=O) groups is 1. The minimum atomic E-state index is 0.0673. The minimum absolute atomic E-state index is 0.0673. The molecule has 2 rings (SSSR count). The fourth-order valence-corrected chi connectivity index (χ4v) is 3.79. The van der Waals surface area contributed by atoms with E-state index >= 15 is 0 Å². The molecular formula is C22H26BrClO3. The van der Waals surface area contributed by atoms with Crippen molar-refractivity contribution in [3.8, 4) is 11.5 Å². The molecule has 2 aromatic rings. The zero-order chi connectivity index (χ0) is 20.0. The van der Waals surface area contributed by atoms with Gasteiger partial charge in [-0.15, -0.1) is 0 Å². The van der Waals surface area contributed by atoms with Crippen molar-refractivity contribution in [2.75, 3.05) is 6.61 Å². The van der Waals surface area contributed by atoms with E-state index in [1.54, 1.807) is 12.1 Å². The highest BCUT2D eigenvalue weighted by atomic mass is 79.9. The molecule has 0 aliphatic heterocycles. The fraction of sp³-hybridized carbons (Fsp3) is 0.409. The van der Waals surface area contributed by atoms with Crippen molar-refractivity contribution in [2.24, 2.45) is 0 Å². The van der Waals surface area contributed by atoms with E-state index in [9.17, 15) is 9.90 Å². The molecule has 27 heavy (non-hydrogen) atoms. The molecule has 0 aliphatic carbocycles. The molecule has 3 nitrogen and oxygen atoms in total. The lowest BCUT2D eigenvalue weighted by Crippen LogP contribution is -2.11. The molecule has 0 bridgehead atoms. The highest BCUT2D eigenvalue weighted by Gasteiger charge is 2.13. The molecule has 0 fully saturated rings.